The van der Waals surface area contributed by atoms with E-state index >= 15 is 0 Å². The van der Waals surface area contributed by atoms with Crippen molar-refractivity contribution < 1.29 is 13.9 Å². The quantitative estimate of drug-likeness (QED) is 0.288. The summed E-state index contributed by atoms with van der Waals surface area (Å²) in [5, 5.41) is 12.1. The van der Waals surface area contributed by atoms with Crippen molar-refractivity contribution in [1.82, 2.24) is 9.78 Å². The van der Waals surface area contributed by atoms with Crippen molar-refractivity contribution in [3.63, 3.8) is 0 Å². The van der Waals surface area contributed by atoms with Gasteiger partial charge in [-0.1, -0.05) is 30.5 Å². The number of nitrogens with one attached hydrogen (secondary N) is 2. The molecule has 2 heterocycles. The van der Waals surface area contributed by atoms with Crippen LogP contribution < -0.4 is 10.6 Å². The normalized spacial score (nSPS) is 13.5. The van der Waals surface area contributed by atoms with Crippen molar-refractivity contribution in [3.05, 3.63) is 63.0 Å². The zero-order chi connectivity index (χ0) is 24.1. The number of aromatic nitrogens is 2. The molecule has 0 amide bonds. The molecular weight excluding hydrogens is 495 g/mol. The highest BCUT2D eigenvalue weighted by molar-refractivity contribution is 7.80. The van der Waals surface area contributed by atoms with Crippen molar-refractivity contribution in [2.75, 3.05) is 17.2 Å². The highest BCUT2D eigenvalue weighted by Gasteiger charge is 2.25. The maximum absolute atomic E-state index is 13.3. The number of thiocarbonyl (C=S) groups is 1. The Kier molecular flexibility index (Phi) is 8.18. The molecule has 0 atom stereocenters. The van der Waals surface area contributed by atoms with Crippen LogP contribution in [0.4, 0.5) is 15.1 Å². The number of ether oxygens (including phenoxy) is 1. The minimum absolute atomic E-state index is 0.310. The van der Waals surface area contributed by atoms with Gasteiger partial charge in [-0.2, -0.15) is 5.10 Å². The number of thiophene rings is 1. The van der Waals surface area contributed by atoms with E-state index in [-0.39, 0.29) is 11.8 Å². The van der Waals surface area contributed by atoms with Crippen LogP contribution in [0.3, 0.4) is 0 Å². The van der Waals surface area contributed by atoms with Gasteiger partial charge in [0.15, 0.2) is 5.11 Å². The van der Waals surface area contributed by atoms with Crippen molar-refractivity contribution >= 4 is 56.9 Å². The molecule has 0 bridgehead atoms. The number of hydrogen-bond donors (Lipinski definition) is 2. The maximum Gasteiger partial charge on any atom is 0.341 e. The summed E-state index contributed by atoms with van der Waals surface area (Å²) in [5.41, 5.74) is 3.14. The van der Waals surface area contributed by atoms with Gasteiger partial charge in [-0.05, 0) is 68.1 Å². The van der Waals surface area contributed by atoms with Gasteiger partial charge in [0.05, 0.1) is 30.6 Å². The number of benzene rings is 1. The Hall–Kier alpha value is -2.49. The van der Waals surface area contributed by atoms with Gasteiger partial charge in [0.25, 0.3) is 0 Å². The van der Waals surface area contributed by atoms with Gasteiger partial charge in [-0.15, -0.1) is 11.3 Å². The highest BCUT2D eigenvalue weighted by atomic mass is 35.5. The molecule has 0 spiro atoms. The lowest BCUT2D eigenvalue weighted by molar-refractivity contribution is 0.0526. The molecule has 6 nitrogen and oxygen atoms in total. The van der Waals surface area contributed by atoms with Crippen LogP contribution in [0.25, 0.3) is 0 Å². The van der Waals surface area contributed by atoms with E-state index in [1.165, 1.54) is 29.9 Å². The number of fused-ring (bicyclic) bond motifs is 1. The monoisotopic (exact) mass is 520 g/mol. The number of nitrogens with zero attached hydrogens (tertiary/aromatic N) is 2. The second-order valence-electron chi connectivity index (χ2n) is 8.08. The summed E-state index contributed by atoms with van der Waals surface area (Å²) < 4.78 is 20.3. The van der Waals surface area contributed by atoms with Crippen LogP contribution in [-0.2, 0) is 24.1 Å². The fourth-order valence-corrected chi connectivity index (χ4v) is 5.82. The SMILES string of the molecule is CCOC(=O)c1c(NC(=S)Nc2cnn(Cc3ccc(F)cc3Cl)c2)sc2c1CCCCCC2. The molecule has 34 heavy (non-hydrogen) atoms. The van der Waals surface area contributed by atoms with Crippen molar-refractivity contribution in [3.8, 4) is 0 Å². The predicted molar refractivity (Wildman–Crippen MR) is 139 cm³/mol. The first-order valence-electron chi connectivity index (χ1n) is 11.3. The van der Waals surface area contributed by atoms with Crippen LogP contribution in [0.5, 0.6) is 0 Å². The molecule has 0 unspecified atom stereocenters. The number of carbonyl (C=O) groups excluding carboxylic acids is 1. The van der Waals surface area contributed by atoms with Gasteiger partial charge in [0.1, 0.15) is 10.8 Å². The van der Waals surface area contributed by atoms with Crippen LogP contribution in [0.2, 0.25) is 5.02 Å². The average Bonchev–Trinajstić information content (AvgIpc) is 3.34. The van der Waals surface area contributed by atoms with Crippen LogP contribution in [0, 0.1) is 5.82 Å². The predicted octanol–water partition coefficient (Wildman–Crippen LogP) is 6.43. The summed E-state index contributed by atoms with van der Waals surface area (Å²) in [5.74, 6) is -0.688. The number of rotatable bonds is 6. The van der Waals surface area contributed by atoms with E-state index in [9.17, 15) is 9.18 Å². The summed E-state index contributed by atoms with van der Waals surface area (Å²) in [7, 11) is 0. The van der Waals surface area contributed by atoms with Gasteiger partial charge in [-0.3, -0.25) is 4.68 Å². The molecule has 3 aromatic rings. The van der Waals surface area contributed by atoms with Gasteiger partial charge in [-0.25, -0.2) is 9.18 Å². The summed E-state index contributed by atoms with van der Waals surface area (Å²) in [6, 6.07) is 4.29. The molecule has 0 aliphatic heterocycles. The van der Waals surface area contributed by atoms with E-state index < -0.39 is 0 Å². The summed E-state index contributed by atoms with van der Waals surface area (Å²) >= 11 is 13.2. The minimum Gasteiger partial charge on any atom is -0.462 e. The van der Waals surface area contributed by atoms with Crippen molar-refractivity contribution in [2.45, 2.75) is 52.0 Å². The Balaban J connectivity index is 1.47. The van der Waals surface area contributed by atoms with Crippen LogP contribution in [-0.4, -0.2) is 27.5 Å². The first kappa shape index (κ1) is 24.6. The molecule has 1 aliphatic rings. The molecule has 2 N–H and O–H groups in total. The molecule has 0 saturated heterocycles. The van der Waals surface area contributed by atoms with Gasteiger partial charge >= 0.3 is 5.97 Å². The zero-order valence-electron chi connectivity index (χ0n) is 18.8. The molecule has 10 heteroatoms. The van der Waals surface area contributed by atoms with E-state index in [1.807, 2.05) is 6.92 Å². The number of aryl methyl sites for hydroxylation is 1. The van der Waals surface area contributed by atoms with E-state index in [2.05, 4.69) is 15.7 Å². The average molecular weight is 521 g/mol. The third-order valence-electron chi connectivity index (χ3n) is 5.62. The Bertz CT molecular complexity index is 1190. The largest absolute Gasteiger partial charge is 0.462 e. The Morgan fingerprint density at radius 1 is 1.26 bits per heavy atom. The zero-order valence-corrected chi connectivity index (χ0v) is 21.2. The number of hydrogen-bond acceptors (Lipinski definition) is 5. The number of anilines is 2. The molecule has 180 valence electrons. The fourth-order valence-electron chi connectivity index (χ4n) is 4.03. The van der Waals surface area contributed by atoms with Crippen LogP contribution >= 0.6 is 35.2 Å². The Morgan fingerprint density at radius 2 is 2.06 bits per heavy atom. The number of halogens is 2. The first-order chi connectivity index (χ1) is 16.4. The first-order valence-corrected chi connectivity index (χ1v) is 12.9. The van der Waals surface area contributed by atoms with Crippen LogP contribution in [0.1, 0.15) is 59.0 Å². The van der Waals surface area contributed by atoms with Crippen molar-refractivity contribution in [2.24, 2.45) is 0 Å². The summed E-state index contributed by atoms with van der Waals surface area (Å²) in [6.45, 7) is 2.53. The van der Waals surface area contributed by atoms with Crippen molar-refractivity contribution in [1.29, 1.82) is 0 Å². The molecule has 1 aromatic carbocycles. The van der Waals surface area contributed by atoms with Gasteiger partial charge in [0.2, 0.25) is 0 Å². The van der Waals surface area contributed by atoms with Gasteiger partial charge < -0.3 is 15.4 Å². The fraction of sp³-hybridized carbons (Fsp3) is 0.375. The lowest BCUT2D eigenvalue weighted by atomic mass is 9.96. The molecular formula is C24H26ClFN4O2S2. The lowest BCUT2D eigenvalue weighted by Crippen LogP contribution is -2.20. The Morgan fingerprint density at radius 3 is 2.82 bits per heavy atom. The van der Waals surface area contributed by atoms with Gasteiger partial charge in [0, 0.05) is 16.1 Å². The van der Waals surface area contributed by atoms with E-state index in [4.69, 9.17) is 28.6 Å². The number of esters is 1. The topological polar surface area (TPSA) is 68.2 Å². The highest BCUT2D eigenvalue weighted by Crippen LogP contribution is 2.37. The lowest BCUT2D eigenvalue weighted by Gasteiger charge is -2.12. The van der Waals surface area contributed by atoms with E-state index in [1.54, 1.807) is 34.5 Å². The molecule has 0 saturated carbocycles. The maximum atomic E-state index is 13.3. The molecule has 4 rings (SSSR count). The standard InChI is InChI=1S/C24H26ClFN4O2S2/c1-2-32-23(31)21-18-7-5-3-4-6-8-20(18)34-22(21)29-24(33)28-17-12-27-30(14-17)13-15-9-10-16(26)11-19(15)25/h9-12,14H,2-8,13H2,1H3,(H2,28,29,33). The number of carbonyl (C=O) groups is 1. The molecule has 2 aromatic heterocycles. The summed E-state index contributed by atoms with van der Waals surface area (Å²) in [6.07, 6.45) is 9.84. The molecule has 0 fully saturated rings. The minimum atomic E-state index is -0.378. The van der Waals surface area contributed by atoms with E-state index in [0.717, 1.165) is 36.8 Å². The third kappa shape index (κ3) is 5.95. The van der Waals surface area contributed by atoms with E-state index in [0.29, 0.717) is 39.5 Å². The second kappa shape index (κ2) is 11.3. The Labute approximate surface area is 212 Å². The smallest absolute Gasteiger partial charge is 0.341 e. The van der Waals surface area contributed by atoms with Crippen LogP contribution in [0.15, 0.2) is 30.6 Å². The second-order valence-corrected chi connectivity index (χ2v) is 10.0. The third-order valence-corrected chi connectivity index (χ3v) is 7.38. The summed E-state index contributed by atoms with van der Waals surface area (Å²) in [4.78, 5) is 14.0. The molecule has 1 aliphatic carbocycles. The molecule has 0 radical (unpaired) electrons.